The van der Waals surface area contributed by atoms with E-state index in [0.29, 0.717) is 10.5 Å². The minimum atomic E-state index is -0.165. The van der Waals surface area contributed by atoms with Gasteiger partial charge in [0, 0.05) is 12.6 Å². The van der Waals surface area contributed by atoms with E-state index in [9.17, 15) is 4.39 Å². The number of piperidine rings is 1. The van der Waals surface area contributed by atoms with Gasteiger partial charge in [-0.15, -0.1) is 0 Å². The summed E-state index contributed by atoms with van der Waals surface area (Å²) in [5.41, 5.74) is 1.07. The Morgan fingerprint density at radius 3 is 3.00 bits per heavy atom. The summed E-state index contributed by atoms with van der Waals surface area (Å²) < 4.78 is 14.1. The molecule has 1 aliphatic heterocycles. The Labute approximate surface area is 123 Å². The minimum Gasteiger partial charge on any atom is -0.320 e. The molecule has 19 heavy (non-hydrogen) atoms. The van der Waals surface area contributed by atoms with Gasteiger partial charge in [0.05, 0.1) is 4.47 Å². The molecule has 1 aromatic rings. The third-order valence-electron chi connectivity index (χ3n) is 3.85. The number of hydrogen-bond donors (Lipinski definition) is 1. The maximum absolute atomic E-state index is 13.6. The summed E-state index contributed by atoms with van der Waals surface area (Å²) in [4.78, 5) is 2.50. The Hall–Kier alpha value is -0.450. The van der Waals surface area contributed by atoms with E-state index in [1.807, 2.05) is 13.1 Å². The summed E-state index contributed by atoms with van der Waals surface area (Å²) in [6.07, 6.45) is 5.02. The third kappa shape index (κ3) is 4.26. The highest BCUT2D eigenvalue weighted by molar-refractivity contribution is 9.10. The first-order chi connectivity index (χ1) is 9.20. The fourth-order valence-electron chi connectivity index (χ4n) is 2.78. The molecule has 0 radical (unpaired) electrons. The second-order valence-electron chi connectivity index (χ2n) is 5.26. The van der Waals surface area contributed by atoms with Crippen LogP contribution in [-0.2, 0) is 6.54 Å². The summed E-state index contributed by atoms with van der Waals surface area (Å²) >= 11 is 3.20. The van der Waals surface area contributed by atoms with Crippen LogP contribution in [0.5, 0.6) is 0 Å². The molecule has 1 N–H and O–H groups in total. The quantitative estimate of drug-likeness (QED) is 0.889. The first-order valence-corrected chi connectivity index (χ1v) is 7.82. The normalized spacial score (nSPS) is 20.7. The van der Waals surface area contributed by atoms with E-state index in [1.165, 1.54) is 25.7 Å². The van der Waals surface area contributed by atoms with E-state index in [2.05, 4.69) is 26.1 Å². The smallest absolute Gasteiger partial charge is 0.137 e. The van der Waals surface area contributed by atoms with Gasteiger partial charge in [0.15, 0.2) is 0 Å². The van der Waals surface area contributed by atoms with Crippen LogP contribution in [0.15, 0.2) is 22.7 Å². The van der Waals surface area contributed by atoms with Crippen LogP contribution in [0.25, 0.3) is 0 Å². The molecule has 1 saturated heterocycles. The Bertz CT molecular complexity index is 411. The zero-order chi connectivity index (χ0) is 13.7. The Kier molecular flexibility index (Phi) is 5.79. The van der Waals surface area contributed by atoms with Crippen LogP contribution in [0.2, 0.25) is 0 Å². The topological polar surface area (TPSA) is 15.3 Å². The van der Waals surface area contributed by atoms with E-state index in [-0.39, 0.29) is 5.82 Å². The van der Waals surface area contributed by atoms with Gasteiger partial charge in [-0.2, -0.15) is 0 Å². The number of likely N-dealkylation sites (tertiary alicyclic amines) is 1. The second kappa shape index (κ2) is 7.36. The van der Waals surface area contributed by atoms with Crippen LogP contribution in [-0.4, -0.2) is 31.1 Å². The molecular weight excluding hydrogens is 307 g/mol. The Morgan fingerprint density at radius 1 is 1.42 bits per heavy atom. The van der Waals surface area contributed by atoms with Gasteiger partial charge in [-0.3, -0.25) is 4.90 Å². The van der Waals surface area contributed by atoms with Crippen molar-refractivity contribution in [1.29, 1.82) is 0 Å². The van der Waals surface area contributed by atoms with E-state index >= 15 is 0 Å². The molecular formula is C15H22BrFN2. The van der Waals surface area contributed by atoms with Crippen molar-refractivity contribution in [2.45, 2.75) is 38.3 Å². The number of rotatable bonds is 5. The molecule has 0 amide bonds. The van der Waals surface area contributed by atoms with Crippen molar-refractivity contribution in [3.63, 3.8) is 0 Å². The average molecular weight is 329 g/mol. The molecule has 4 heteroatoms. The van der Waals surface area contributed by atoms with Crippen molar-refractivity contribution < 1.29 is 4.39 Å². The first kappa shape index (κ1) is 14.9. The largest absolute Gasteiger partial charge is 0.320 e. The van der Waals surface area contributed by atoms with Crippen molar-refractivity contribution in [3.05, 3.63) is 34.1 Å². The van der Waals surface area contributed by atoms with Gasteiger partial charge < -0.3 is 5.32 Å². The van der Waals surface area contributed by atoms with Gasteiger partial charge in [-0.25, -0.2) is 4.39 Å². The molecule has 1 unspecified atom stereocenters. The highest BCUT2D eigenvalue weighted by Crippen LogP contribution is 2.23. The monoisotopic (exact) mass is 328 g/mol. The predicted molar refractivity (Wildman–Crippen MR) is 80.7 cm³/mol. The molecule has 0 aromatic heterocycles. The van der Waals surface area contributed by atoms with Crippen LogP contribution in [0.4, 0.5) is 4.39 Å². The van der Waals surface area contributed by atoms with Crippen LogP contribution < -0.4 is 5.32 Å². The first-order valence-electron chi connectivity index (χ1n) is 7.03. The fourth-order valence-corrected chi connectivity index (χ4v) is 3.03. The summed E-state index contributed by atoms with van der Waals surface area (Å²) in [5, 5.41) is 3.22. The SMILES string of the molecule is CNCCC1CCCCN1Cc1ccc(Br)c(F)c1. The molecule has 2 rings (SSSR count). The lowest BCUT2D eigenvalue weighted by molar-refractivity contribution is 0.132. The number of nitrogens with zero attached hydrogens (tertiary/aromatic N) is 1. The van der Waals surface area contributed by atoms with Gasteiger partial charge in [-0.1, -0.05) is 12.5 Å². The molecule has 1 heterocycles. The van der Waals surface area contributed by atoms with Crippen molar-refractivity contribution >= 4 is 15.9 Å². The summed E-state index contributed by atoms with van der Waals surface area (Å²) in [6.45, 7) is 3.04. The van der Waals surface area contributed by atoms with Gasteiger partial charge in [0.1, 0.15) is 5.82 Å². The lowest BCUT2D eigenvalue weighted by Gasteiger charge is -2.36. The molecule has 0 bridgehead atoms. The van der Waals surface area contributed by atoms with Gasteiger partial charge in [0.2, 0.25) is 0 Å². The Balaban J connectivity index is 1.99. The second-order valence-corrected chi connectivity index (χ2v) is 6.12. The highest BCUT2D eigenvalue weighted by atomic mass is 79.9. The van der Waals surface area contributed by atoms with E-state index in [4.69, 9.17) is 0 Å². The number of nitrogens with one attached hydrogen (secondary N) is 1. The average Bonchev–Trinajstić information content (AvgIpc) is 2.42. The molecule has 1 aromatic carbocycles. The van der Waals surface area contributed by atoms with Crippen molar-refractivity contribution in [1.82, 2.24) is 10.2 Å². The zero-order valence-electron chi connectivity index (χ0n) is 11.5. The van der Waals surface area contributed by atoms with E-state index in [1.54, 1.807) is 12.1 Å². The van der Waals surface area contributed by atoms with Crippen LogP contribution in [0.1, 0.15) is 31.2 Å². The number of halogens is 2. The molecule has 2 nitrogen and oxygen atoms in total. The lowest BCUT2D eigenvalue weighted by Crippen LogP contribution is -2.40. The third-order valence-corrected chi connectivity index (χ3v) is 4.49. The van der Waals surface area contributed by atoms with Gasteiger partial charge >= 0.3 is 0 Å². The fraction of sp³-hybridized carbons (Fsp3) is 0.600. The molecule has 1 atom stereocenters. The standard InChI is InChI=1S/C15H22BrFN2/c1-18-8-7-13-4-2-3-9-19(13)11-12-5-6-14(16)15(17)10-12/h5-6,10,13,18H,2-4,7-9,11H2,1H3. The van der Waals surface area contributed by atoms with Crippen LogP contribution in [0, 0.1) is 5.82 Å². The number of benzene rings is 1. The highest BCUT2D eigenvalue weighted by Gasteiger charge is 2.21. The summed E-state index contributed by atoms with van der Waals surface area (Å²) in [7, 11) is 2.00. The van der Waals surface area contributed by atoms with Crippen LogP contribution in [0.3, 0.4) is 0 Å². The molecule has 0 spiro atoms. The van der Waals surface area contributed by atoms with Gasteiger partial charge in [-0.05, 0) is 73.0 Å². The molecule has 0 aliphatic carbocycles. The maximum Gasteiger partial charge on any atom is 0.137 e. The molecule has 106 valence electrons. The molecule has 1 aliphatic rings. The van der Waals surface area contributed by atoms with Crippen molar-refractivity contribution in [3.8, 4) is 0 Å². The van der Waals surface area contributed by atoms with Gasteiger partial charge in [0.25, 0.3) is 0 Å². The predicted octanol–water partition coefficient (Wildman–Crippen LogP) is 3.55. The zero-order valence-corrected chi connectivity index (χ0v) is 13.0. The molecule has 1 fully saturated rings. The van der Waals surface area contributed by atoms with E-state index < -0.39 is 0 Å². The van der Waals surface area contributed by atoms with Crippen LogP contribution >= 0.6 is 15.9 Å². The molecule has 0 saturated carbocycles. The minimum absolute atomic E-state index is 0.165. The van der Waals surface area contributed by atoms with E-state index in [0.717, 1.165) is 25.2 Å². The summed E-state index contributed by atoms with van der Waals surface area (Å²) in [5.74, 6) is -0.165. The lowest BCUT2D eigenvalue weighted by atomic mass is 9.98. The van der Waals surface area contributed by atoms with Crippen molar-refractivity contribution in [2.24, 2.45) is 0 Å². The maximum atomic E-state index is 13.6. The summed E-state index contributed by atoms with van der Waals surface area (Å²) in [6, 6.07) is 6.09. The number of hydrogen-bond acceptors (Lipinski definition) is 2. The van der Waals surface area contributed by atoms with Crippen molar-refractivity contribution in [2.75, 3.05) is 20.1 Å². The Morgan fingerprint density at radius 2 is 2.26 bits per heavy atom.